The van der Waals surface area contributed by atoms with Crippen LogP contribution < -0.4 is 9.44 Å². The van der Waals surface area contributed by atoms with Gasteiger partial charge in [-0.15, -0.1) is 20.4 Å². The molecule has 0 aromatic carbocycles. The number of rotatable bonds is 4. The first-order valence-electron chi connectivity index (χ1n) is 4.76. The number of nitrogens with zero attached hydrogens (tertiary/aromatic N) is 4. The van der Waals surface area contributed by atoms with Gasteiger partial charge in [0.05, 0.1) is 12.5 Å². The second kappa shape index (κ2) is 7.39. The van der Waals surface area contributed by atoms with Crippen molar-refractivity contribution in [2.24, 2.45) is 0 Å². The van der Waals surface area contributed by atoms with E-state index in [1.54, 1.807) is 0 Å². The molecule has 0 spiro atoms. The van der Waals surface area contributed by atoms with Crippen LogP contribution >= 0.6 is 38.6 Å². The largest absolute Gasteiger partial charge is 0.257 e. The molecule has 21 heavy (non-hydrogen) atoms. The molecule has 0 saturated carbocycles. The second-order valence-electron chi connectivity index (χ2n) is 3.35. The van der Waals surface area contributed by atoms with Gasteiger partial charge in [-0.1, -0.05) is 22.7 Å². The van der Waals surface area contributed by atoms with Gasteiger partial charge < -0.3 is 0 Å². The number of aromatic nitrogens is 4. The van der Waals surface area contributed by atoms with Crippen LogP contribution in [-0.4, -0.2) is 49.7 Å². The van der Waals surface area contributed by atoms with Crippen molar-refractivity contribution in [2.75, 3.05) is 22.0 Å². The smallest absolute Gasteiger partial charge is 0.231 e. The van der Waals surface area contributed by atoms with E-state index in [1.165, 1.54) is 5.51 Å². The van der Waals surface area contributed by atoms with Crippen molar-refractivity contribution < 1.29 is 16.8 Å². The van der Waals surface area contributed by atoms with Gasteiger partial charge in [-0.2, -0.15) is 0 Å². The highest BCUT2D eigenvalue weighted by molar-refractivity contribution is 9.11. The fraction of sp³-hybridized carbons (Fsp3) is 0.333. The number of hydrogen-bond donors (Lipinski definition) is 2. The molecule has 10 nitrogen and oxygen atoms in total. The Bertz CT molecular complexity index is 770. The minimum atomic E-state index is -3.23. The predicted molar refractivity (Wildman–Crippen MR) is 84.5 cm³/mol. The molecule has 2 aromatic heterocycles. The third-order valence-electron chi connectivity index (χ3n) is 1.31. The maximum absolute atomic E-state index is 10.6. The van der Waals surface area contributed by atoms with Crippen molar-refractivity contribution in [1.29, 1.82) is 0 Å². The lowest BCUT2D eigenvalue weighted by molar-refractivity contribution is 0.605. The van der Waals surface area contributed by atoms with Crippen LogP contribution in [0.2, 0.25) is 0 Å². The highest BCUT2D eigenvalue weighted by Crippen LogP contribution is 2.20. The Morgan fingerprint density at radius 1 is 1.00 bits per heavy atom. The normalized spacial score (nSPS) is 11.4. The van der Waals surface area contributed by atoms with Crippen LogP contribution in [0.1, 0.15) is 0 Å². The molecule has 2 rings (SSSR count). The molecule has 0 unspecified atom stereocenters. The average Bonchev–Trinajstić information content (AvgIpc) is 2.87. The van der Waals surface area contributed by atoms with E-state index in [9.17, 15) is 16.8 Å². The molecule has 2 heterocycles. The number of nitrogens with one attached hydrogen (secondary N) is 2. The minimum absolute atomic E-state index is 0.263. The molecule has 0 aliphatic heterocycles. The van der Waals surface area contributed by atoms with Crippen molar-refractivity contribution in [3.05, 3.63) is 9.43 Å². The molecule has 0 radical (unpaired) electrons. The topological polar surface area (TPSA) is 144 Å². The zero-order valence-corrected chi connectivity index (χ0v) is 15.4. The van der Waals surface area contributed by atoms with Gasteiger partial charge >= 0.3 is 0 Å². The standard InChI is InChI=1S/C3H4BrN3O2S2.C3H5N3O2S2/c1-11(8,9)7-3-6-5-2(4)10-3;1-10(7,8)6-3-5-4-2-9-3/h1H3,(H,6,7);2H,1H3,(H,5,6). The lowest BCUT2D eigenvalue weighted by atomic mass is 11.3. The van der Waals surface area contributed by atoms with Gasteiger partial charge in [-0.25, -0.2) is 16.8 Å². The first-order valence-corrected chi connectivity index (χ1v) is 11.0. The first-order chi connectivity index (χ1) is 9.55. The molecule has 2 N–H and O–H groups in total. The molecular formula is C6H9BrN6O4S4. The Morgan fingerprint density at radius 3 is 1.95 bits per heavy atom. The zero-order chi connectivity index (χ0) is 16.1. The lowest BCUT2D eigenvalue weighted by Gasteiger charge is -1.94. The van der Waals surface area contributed by atoms with Crippen LogP contribution in [0.25, 0.3) is 0 Å². The Balaban J connectivity index is 0.000000211. The quantitative estimate of drug-likeness (QED) is 0.707. The third kappa shape index (κ3) is 8.86. The van der Waals surface area contributed by atoms with Crippen LogP contribution in [0.3, 0.4) is 0 Å². The molecule has 0 atom stereocenters. The molecule has 118 valence electrons. The van der Waals surface area contributed by atoms with Gasteiger partial charge in [-0.05, 0) is 15.9 Å². The third-order valence-corrected chi connectivity index (χ3v) is 4.57. The van der Waals surface area contributed by atoms with Crippen molar-refractivity contribution in [3.8, 4) is 0 Å². The fourth-order valence-electron chi connectivity index (χ4n) is 0.781. The SMILES string of the molecule is CS(=O)(=O)Nc1nnc(Br)s1.CS(=O)(=O)Nc1nncs1. The molecule has 0 saturated heterocycles. The molecular weight excluding hydrogens is 428 g/mol. The van der Waals surface area contributed by atoms with Gasteiger partial charge in [0.2, 0.25) is 30.3 Å². The van der Waals surface area contributed by atoms with E-state index in [2.05, 4.69) is 45.8 Å². The monoisotopic (exact) mass is 436 g/mol. The van der Waals surface area contributed by atoms with Crippen LogP contribution in [0, 0.1) is 0 Å². The summed E-state index contributed by atoms with van der Waals surface area (Å²) < 4.78 is 47.2. The zero-order valence-electron chi connectivity index (χ0n) is 10.5. The molecule has 0 aliphatic carbocycles. The number of halogens is 1. The summed E-state index contributed by atoms with van der Waals surface area (Å²) in [6.07, 6.45) is 2.12. The van der Waals surface area contributed by atoms with E-state index >= 15 is 0 Å². The van der Waals surface area contributed by atoms with E-state index in [0.717, 1.165) is 35.2 Å². The van der Waals surface area contributed by atoms with E-state index in [-0.39, 0.29) is 5.13 Å². The summed E-state index contributed by atoms with van der Waals surface area (Å²) in [5.74, 6) is 0. The van der Waals surface area contributed by atoms with Gasteiger partial charge in [0, 0.05) is 0 Å². The van der Waals surface area contributed by atoms with Crippen LogP contribution in [-0.2, 0) is 20.0 Å². The molecule has 15 heteroatoms. The Morgan fingerprint density at radius 2 is 1.57 bits per heavy atom. The Labute approximate surface area is 137 Å². The van der Waals surface area contributed by atoms with Crippen molar-refractivity contribution in [1.82, 2.24) is 20.4 Å². The maximum atomic E-state index is 10.6. The highest BCUT2D eigenvalue weighted by atomic mass is 79.9. The maximum Gasteiger partial charge on any atom is 0.231 e. The summed E-state index contributed by atoms with van der Waals surface area (Å²) in [5.41, 5.74) is 1.45. The first kappa shape index (κ1) is 18.1. The fourth-order valence-corrected chi connectivity index (χ4v) is 3.92. The molecule has 0 bridgehead atoms. The summed E-state index contributed by atoms with van der Waals surface area (Å²) in [7, 11) is -6.42. The number of hydrogen-bond acceptors (Lipinski definition) is 10. The number of anilines is 2. The van der Waals surface area contributed by atoms with E-state index in [4.69, 9.17) is 0 Å². The molecule has 0 amide bonds. The van der Waals surface area contributed by atoms with Crippen molar-refractivity contribution in [2.45, 2.75) is 0 Å². The van der Waals surface area contributed by atoms with Crippen molar-refractivity contribution in [3.63, 3.8) is 0 Å². The molecule has 0 aliphatic rings. The summed E-state index contributed by atoms with van der Waals surface area (Å²) >= 11 is 5.31. The second-order valence-corrected chi connectivity index (χ2v) is 9.94. The molecule has 0 fully saturated rings. The van der Waals surface area contributed by atoms with Crippen molar-refractivity contribution >= 4 is 68.9 Å². The summed E-state index contributed by atoms with van der Waals surface area (Å²) in [6, 6.07) is 0. The lowest BCUT2D eigenvalue weighted by Crippen LogP contribution is -2.09. The predicted octanol–water partition coefficient (Wildman–Crippen LogP) is 0.582. The summed E-state index contributed by atoms with van der Waals surface area (Å²) in [6.45, 7) is 0. The Hall–Kier alpha value is -0.900. The van der Waals surface area contributed by atoms with Crippen LogP contribution in [0.15, 0.2) is 9.43 Å². The van der Waals surface area contributed by atoms with E-state index < -0.39 is 20.0 Å². The van der Waals surface area contributed by atoms with Gasteiger partial charge in [0.1, 0.15) is 5.51 Å². The average molecular weight is 437 g/mol. The summed E-state index contributed by atoms with van der Waals surface area (Å²) in [4.78, 5) is 0. The van der Waals surface area contributed by atoms with Gasteiger partial charge in [0.15, 0.2) is 3.92 Å². The summed E-state index contributed by atoms with van der Waals surface area (Å²) in [5, 5.41) is 14.6. The van der Waals surface area contributed by atoms with Crippen LogP contribution in [0.4, 0.5) is 10.3 Å². The van der Waals surface area contributed by atoms with E-state index in [0.29, 0.717) is 9.05 Å². The minimum Gasteiger partial charge on any atom is -0.257 e. The van der Waals surface area contributed by atoms with E-state index in [1.807, 2.05) is 0 Å². The highest BCUT2D eigenvalue weighted by Gasteiger charge is 2.06. The number of sulfonamides is 2. The van der Waals surface area contributed by atoms with Crippen LogP contribution in [0.5, 0.6) is 0 Å². The van der Waals surface area contributed by atoms with Gasteiger partial charge in [0.25, 0.3) is 0 Å². The van der Waals surface area contributed by atoms with Gasteiger partial charge in [-0.3, -0.25) is 9.44 Å². The molecule has 2 aromatic rings. The Kier molecular flexibility index (Phi) is 6.39.